The average molecular weight is 226 g/mol. The Morgan fingerprint density at radius 2 is 2.12 bits per heavy atom. The fourth-order valence-corrected chi connectivity index (χ4v) is 1.88. The molecule has 1 heterocycles. The molecule has 0 saturated carbocycles. The number of amidine groups is 1. The summed E-state index contributed by atoms with van der Waals surface area (Å²) in [6.45, 7) is 5.62. The van der Waals surface area contributed by atoms with Gasteiger partial charge in [0, 0.05) is 10.9 Å². The summed E-state index contributed by atoms with van der Waals surface area (Å²) in [6, 6.07) is 7.70. The van der Waals surface area contributed by atoms with Crippen molar-refractivity contribution in [2.45, 2.75) is 6.92 Å². The van der Waals surface area contributed by atoms with Crippen LogP contribution in [0.1, 0.15) is 18.2 Å². The fourth-order valence-electron chi connectivity index (χ4n) is 1.88. The van der Waals surface area contributed by atoms with E-state index in [1.54, 1.807) is 12.2 Å². The summed E-state index contributed by atoms with van der Waals surface area (Å²) in [7, 11) is 0. The zero-order chi connectivity index (χ0) is 12.4. The predicted octanol–water partition coefficient (Wildman–Crippen LogP) is 3.42. The molecule has 17 heavy (non-hydrogen) atoms. The third-order valence-corrected chi connectivity index (χ3v) is 2.66. The van der Waals surface area contributed by atoms with Gasteiger partial charge in [0.15, 0.2) is 0 Å². The van der Waals surface area contributed by atoms with Crippen LogP contribution in [0.4, 0.5) is 0 Å². The molecule has 0 aliphatic heterocycles. The molecule has 1 aromatic heterocycles. The molecule has 0 radical (unpaired) electrons. The molecule has 0 spiro atoms. The van der Waals surface area contributed by atoms with E-state index in [-0.39, 0.29) is 5.84 Å². The van der Waals surface area contributed by atoms with Gasteiger partial charge in [-0.25, -0.2) is 0 Å². The lowest BCUT2D eigenvalue weighted by Gasteiger charge is -2.02. The third-order valence-electron chi connectivity index (χ3n) is 2.66. The van der Waals surface area contributed by atoms with E-state index in [9.17, 15) is 0 Å². The maximum Gasteiger partial charge on any atom is 0.145 e. The smallest absolute Gasteiger partial charge is 0.145 e. The molecule has 1 aromatic carbocycles. The van der Waals surface area contributed by atoms with Crippen molar-refractivity contribution in [3.8, 4) is 0 Å². The zero-order valence-corrected chi connectivity index (χ0v) is 9.66. The van der Waals surface area contributed by atoms with Crippen molar-refractivity contribution in [3.05, 3.63) is 48.2 Å². The van der Waals surface area contributed by atoms with Gasteiger partial charge >= 0.3 is 0 Å². The first kappa shape index (κ1) is 11.2. The van der Waals surface area contributed by atoms with Crippen LogP contribution < -0.4 is 5.73 Å². The first-order valence-corrected chi connectivity index (χ1v) is 5.34. The van der Waals surface area contributed by atoms with Crippen molar-refractivity contribution in [1.29, 1.82) is 5.41 Å². The normalized spacial score (nSPS) is 11.7. The molecule has 86 valence electrons. The van der Waals surface area contributed by atoms with Crippen LogP contribution in [0.25, 0.3) is 22.6 Å². The standard InChI is InChI=1S/C14H14N2O/c1-3-9-11-7-5-6-8-12(11)17-13(9)10(4-2)14(15)16/h3-8H,1H2,2H3,(H3,15,16)/b10-4+. The Bertz CT molecular complexity index is 620. The topological polar surface area (TPSA) is 63.0 Å². The molecule has 3 N–H and O–H groups in total. The molecular formula is C14H14N2O. The summed E-state index contributed by atoms with van der Waals surface area (Å²) in [4.78, 5) is 0. The van der Waals surface area contributed by atoms with Gasteiger partial charge in [-0.2, -0.15) is 0 Å². The molecule has 0 bridgehead atoms. The number of benzene rings is 1. The molecule has 0 fully saturated rings. The van der Waals surface area contributed by atoms with Gasteiger partial charge in [-0.15, -0.1) is 0 Å². The number of nitrogens with one attached hydrogen (secondary N) is 1. The van der Waals surface area contributed by atoms with E-state index in [0.717, 1.165) is 16.5 Å². The van der Waals surface area contributed by atoms with Crippen molar-refractivity contribution in [1.82, 2.24) is 0 Å². The van der Waals surface area contributed by atoms with Gasteiger partial charge in [-0.3, -0.25) is 5.41 Å². The summed E-state index contributed by atoms with van der Waals surface area (Å²) in [5, 5.41) is 8.53. The molecule has 0 aliphatic carbocycles. The van der Waals surface area contributed by atoms with E-state index in [1.807, 2.05) is 31.2 Å². The van der Waals surface area contributed by atoms with E-state index in [1.165, 1.54) is 0 Å². The zero-order valence-electron chi connectivity index (χ0n) is 9.66. The fraction of sp³-hybridized carbons (Fsp3) is 0.0714. The SMILES string of the molecule is C=Cc1c(/C(=C\C)C(=N)N)oc2ccccc12. The van der Waals surface area contributed by atoms with Crippen LogP contribution in [0.5, 0.6) is 0 Å². The van der Waals surface area contributed by atoms with Gasteiger partial charge in [0.25, 0.3) is 0 Å². The van der Waals surface area contributed by atoms with E-state index < -0.39 is 0 Å². The highest BCUT2D eigenvalue weighted by molar-refractivity contribution is 6.21. The highest BCUT2D eigenvalue weighted by Crippen LogP contribution is 2.31. The van der Waals surface area contributed by atoms with Crippen molar-refractivity contribution in [2.75, 3.05) is 0 Å². The Morgan fingerprint density at radius 1 is 1.41 bits per heavy atom. The molecular weight excluding hydrogens is 212 g/mol. The number of furan rings is 1. The van der Waals surface area contributed by atoms with Crippen molar-refractivity contribution in [2.24, 2.45) is 5.73 Å². The summed E-state index contributed by atoms with van der Waals surface area (Å²) in [6.07, 6.45) is 3.50. The largest absolute Gasteiger partial charge is 0.455 e. The number of para-hydroxylation sites is 1. The third kappa shape index (κ3) is 1.76. The van der Waals surface area contributed by atoms with Crippen LogP contribution in [0.3, 0.4) is 0 Å². The molecule has 0 saturated heterocycles. The van der Waals surface area contributed by atoms with Crippen molar-refractivity contribution < 1.29 is 4.42 Å². The Hall–Kier alpha value is -2.29. The van der Waals surface area contributed by atoms with Gasteiger partial charge in [0.05, 0.1) is 5.57 Å². The van der Waals surface area contributed by atoms with E-state index in [2.05, 4.69) is 6.58 Å². The maximum absolute atomic E-state index is 7.55. The lowest BCUT2D eigenvalue weighted by Crippen LogP contribution is -2.11. The predicted molar refractivity (Wildman–Crippen MR) is 71.9 cm³/mol. The summed E-state index contributed by atoms with van der Waals surface area (Å²) < 4.78 is 5.74. The van der Waals surface area contributed by atoms with E-state index in [4.69, 9.17) is 15.6 Å². The molecule has 3 heteroatoms. The maximum atomic E-state index is 7.55. The van der Waals surface area contributed by atoms with Crippen LogP contribution in [0.2, 0.25) is 0 Å². The minimum atomic E-state index is -0.00495. The second-order valence-corrected chi connectivity index (χ2v) is 3.66. The van der Waals surface area contributed by atoms with Crippen LogP contribution >= 0.6 is 0 Å². The number of rotatable bonds is 3. The quantitative estimate of drug-likeness (QED) is 0.622. The molecule has 2 rings (SSSR count). The Labute approximate surface area is 99.7 Å². The first-order chi connectivity index (χ1) is 8.19. The molecule has 0 aliphatic rings. The molecule has 3 nitrogen and oxygen atoms in total. The highest BCUT2D eigenvalue weighted by Gasteiger charge is 2.16. The van der Waals surface area contributed by atoms with Gasteiger partial charge in [-0.05, 0) is 13.0 Å². The highest BCUT2D eigenvalue weighted by atomic mass is 16.3. The van der Waals surface area contributed by atoms with Crippen LogP contribution in [-0.2, 0) is 0 Å². The molecule has 0 amide bonds. The second kappa shape index (κ2) is 4.29. The molecule has 0 unspecified atom stereocenters. The number of nitrogens with two attached hydrogens (primary N) is 1. The number of allylic oxidation sites excluding steroid dienone is 1. The van der Waals surface area contributed by atoms with E-state index in [0.29, 0.717) is 11.3 Å². The van der Waals surface area contributed by atoms with Gasteiger partial charge in [-0.1, -0.05) is 36.9 Å². The molecule has 0 atom stereocenters. The van der Waals surface area contributed by atoms with Gasteiger partial charge in [0.2, 0.25) is 0 Å². The first-order valence-electron chi connectivity index (χ1n) is 5.34. The van der Waals surface area contributed by atoms with Crippen molar-refractivity contribution >= 4 is 28.5 Å². The van der Waals surface area contributed by atoms with Gasteiger partial charge in [0.1, 0.15) is 17.2 Å². The number of fused-ring (bicyclic) bond motifs is 1. The van der Waals surface area contributed by atoms with E-state index >= 15 is 0 Å². The Kier molecular flexibility index (Phi) is 2.83. The number of hydrogen-bond donors (Lipinski definition) is 2. The Morgan fingerprint density at radius 3 is 2.71 bits per heavy atom. The van der Waals surface area contributed by atoms with Crippen LogP contribution in [0, 0.1) is 5.41 Å². The van der Waals surface area contributed by atoms with Gasteiger partial charge < -0.3 is 10.2 Å². The lowest BCUT2D eigenvalue weighted by atomic mass is 10.1. The Balaban J connectivity index is 2.77. The molecule has 2 aromatic rings. The minimum absolute atomic E-state index is 0.00495. The van der Waals surface area contributed by atoms with Crippen LogP contribution in [0.15, 0.2) is 41.3 Å². The van der Waals surface area contributed by atoms with Crippen LogP contribution in [-0.4, -0.2) is 5.84 Å². The second-order valence-electron chi connectivity index (χ2n) is 3.66. The number of hydrogen-bond acceptors (Lipinski definition) is 2. The lowest BCUT2D eigenvalue weighted by molar-refractivity contribution is 0.601. The summed E-state index contributed by atoms with van der Waals surface area (Å²) in [5.74, 6) is 0.603. The average Bonchev–Trinajstić information content (AvgIpc) is 2.67. The van der Waals surface area contributed by atoms with Crippen molar-refractivity contribution in [3.63, 3.8) is 0 Å². The summed E-state index contributed by atoms with van der Waals surface area (Å²) >= 11 is 0. The monoisotopic (exact) mass is 226 g/mol. The summed E-state index contributed by atoms with van der Waals surface area (Å²) in [5.41, 5.74) is 7.79. The minimum Gasteiger partial charge on any atom is -0.455 e.